The Kier molecular flexibility index (Phi) is 5.39. The molecular formula is C21H31N3O3. The van der Waals surface area contributed by atoms with Crippen LogP contribution in [-0.4, -0.2) is 86.4 Å². The van der Waals surface area contributed by atoms with Gasteiger partial charge in [0, 0.05) is 55.9 Å². The summed E-state index contributed by atoms with van der Waals surface area (Å²) in [5.74, 6) is 0.0861. The summed E-state index contributed by atoms with van der Waals surface area (Å²) in [6, 6.07) is 7.97. The predicted octanol–water partition coefficient (Wildman–Crippen LogP) is 1.44. The maximum absolute atomic E-state index is 13.1. The summed E-state index contributed by atoms with van der Waals surface area (Å²) in [4.78, 5) is 19.6. The fourth-order valence-electron chi connectivity index (χ4n) is 4.92. The highest BCUT2D eigenvalue weighted by Crippen LogP contribution is 2.38. The summed E-state index contributed by atoms with van der Waals surface area (Å²) in [6.45, 7) is 6.54. The molecule has 3 aliphatic rings. The van der Waals surface area contributed by atoms with Crippen molar-refractivity contribution < 1.29 is 14.6 Å². The Labute approximate surface area is 161 Å². The number of nitrogens with zero attached hydrogens (tertiary/aromatic N) is 3. The van der Waals surface area contributed by atoms with Gasteiger partial charge < -0.3 is 24.5 Å². The molecule has 0 unspecified atom stereocenters. The third-order valence-electron chi connectivity index (χ3n) is 6.46. The number of likely N-dealkylation sites (tertiary alicyclic amines) is 2. The van der Waals surface area contributed by atoms with E-state index < -0.39 is 0 Å². The van der Waals surface area contributed by atoms with Gasteiger partial charge in [0.15, 0.2) is 0 Å². The second-order valence-electron chi connectivity index (χ2n) is 8.38. The Bertz CT molecular complexity index is 659. The lowest BCUT2D eigenvalue weighted by atomic mass is 9.71. The number of benzene rings is 1. The first-order valence-electron chi connectivity index (χ1n) is 10.2. The van der Waals surface area contributed by atoms with Crippen molar-refractivity contribution in [3.05, 3.63) is 29.8 Å². The van der Waals surface area contributed by atoms with Gasteiger partial charge >= 0.3 is 0 Å². The second kappa shape index (κ2) is 7.78. The van der Waals surface area contributed by atoms with Gasteiger partial charge in [-0.05, 0) is 50.6 Å². The van der Waals surface area contributed by atoms with Crippen molar-refractivity contribution in [1.29, 1.82) is 0 Å². The topological polar surface area (TPSA) is 56.2 Å². The van der Waals surface area contributed by atoms with Crippen molar-refractivity contribution in [3.63, 3.8) is 0 Å². The summed E-state index contributed by atoms with van der Waals surface area (Å²) in [5, 5.41) is 10.7. The molecule has 27 heavy (non-hydrogen) atoms. The average Bonchev–Trinajstić information content (AvgIpc) is 2.71. The molecule has 0 aliphatic carbocycles. The van der Waals surface area contributed by atoms with Crippen LogP contribution < -0.4 is 4.90 Å². The van der Waals surface area contributed by atoms with Gasteiger partial charge in [0.2, 0.25) is 0 Å². The smallest absolute Gasteiger partial charge is 0.253 e. The fraction of sp³-hybridized carbons (Fsp3) is 0.667. The van der Waals surface area contributed by atoms with Crippen molar-refractivity contribution in [3.8, 4) is 0 Å². The molecule has 0 radical (unpaired) electrons. The zero-order valence-corrected chi connectivity index (χ0v) is 16.3. The number of aliphatic hydroxyl groups excluding tert-OH is 1. The van der Waals surface area contributed by atoms with Gasteiger partial charge in [-0.15, -0.1) is 0 Å². The zero-order valence-electron chi connectivity index (χ0n) is 16.3. The van der Waals surface area contributed by atoms with Crippen molar-refractivity contribution in [2.75, 3.05) is 64.4 Å². The molecule has 3 fully saturated rings. The molecule has 3 heterocycles. The summed E-state index contributed by atoms with van der Waals surface area (Å²) >= 11 is 0. The summed E-state index contributed by atoms with van der Waals surface area (Å²) < 4.78 is 5.41. The second-order valence-corrected chi connectivity index (χ2v) is 8.38. The van der Waals surface area contributed by atoms with Crippen LogP contribution in [0.3, 0.4) is 0 Å². The molecule has 148 valence electrons. The molecular weight excluding hydrogens is 342 g/mol. The number of hydrogen-bond acceptors (Lipinski definition) is 5. The normalized spacial score (nSPS) is 29.9. The molecule has 1 aromatic carbocycles. The maximum Gasteiger partial charge on any atom is 0.253 e. The highest BCUT2D eigenvalue weighted by molar-refractivity contribution is 5.94. The number of rotatable bonds is 2. The van der Waals surface area contributed by atoms with Gasteiger partial charge in [-0.3, -0.25) is 4.79 Å². The molecule has 1 aromatic rings. The Balaban J connectivity index is 1.45. The third kappa shape index (κ3) is 3.84. The standard InChI is InChI=1S/C21H31N3O3/c1-22-10-7-19(25)21(15-22)8-2-9-24(16-21)20(26)17-3-5-18(6-4-17)23-11-13-27-14-12-23/h3-6,19,25H,2,7-16H2,1H3/t19-,21-/m0/s1. The van der Waals surface area contributed by atoms with Gasteiger partial charge in [-0.25, -0.2) is 0 Å². The first-order valence-corrected chi connectivity index (χ1v) is 10.2. The number of carbonyl (C=O) groups excluding carboxylic acids is 1. The monoisotopic (exact) mass is 373 g/mol. The Morgan fingerprint density at radius 2 is 1.85 bits per heavy atom. The predicted molar refractivity (Wildman–Crippen MR) is 105 cm³/mol. The van der Waals surface area contributed by atoms with E-state index in [4.69, 9.17) is 4.74 Å². The third-order valence-corrected chi connectivity index (χ3v) is 6.46. The maximum atomic E-state index is 13.1. The first kappa shape index (κ1) is 18.7. The minimum Gasteiger partial charge on any atom is -0.392 e. The largest absolute Gasteiger partial charge is 0.392 e. The van der Waals surface area contributed by atoms with Crippen LogP contribution in [0.25, 0.3) is 0 Å². The van der Waals surface area contributed by atoms with Crippen molar-refractivity contribution >= 4 is 11.6 Å². The number of hydrogen-bond donors (Lipinski definition) is 1. The minimum atomic E-state index is -0.312. The summed E-state index contributed by atoms with van der Waals surface area (Å²) in [6.07, 6.45) is 2.45. The molecule has 1 amide bonds. The number of carbonyl (C=O) groups is 1. The molecule has 1 spiro atoms. The molecule has 0 bridgehead atoms. The molecule has 0 saturated carbocycles. The molecule has 3 saturated heterocycles. The van der Waals surface area contributed by atoms with Gasteiger partial charge in [0.1, 0.15) is 0 Å². The van der Waals surface area contributed by atoms with E-state index >= 15 is 0 Å². The van der Waals surface area contributed by atoms with E-state index in [0.717, 1.165) is 76.5 Å². The summed E-state index contributed by atoms with van der Waals surface area (Å²) in [5.41, 5.74) is 1.71. The fourth-order valence-corrected chi connectivity index (χ4v) is 4.92. The van der Waals surface area contributed by atoms with Crippen LogP contribution in [0.15, 0.2) is 24.3 Å². The number of aliphatic hydroxyl groups is 1. The Hall–Kier alpha value is -1.63. The lowest BCUT2D eigenvalue weighted by Crippen LogP contribution is -2.59. The summed E-state index contributed by atoms with van der Waals surface area (Å²) in [7, 11) is 2.11. The van der Waals surface area contributed by atoms with E-state index in [1.54, 1.807) is 0 Å². The van der Waals surface area contributed by atoms with E-state index in [9.17, 15) is 9.90 Å². The van der Waals surface area contributed by atoms with Gasteiger partial charge in [-0.1, -0.05) is 0 Å². The lowest BCUT2D eigenvalue weighted by molar-refractivity contribution is -0.0731. The van der Waals surface area contributed by atoms with Crippen LogP contribution in [-0.2, 0) is 4.74 Å². The van der Waals surface area contributed by atoms with Crippen molar-refractivity contribution in [2.24, 2.45) is 5.41 Å². The van der Waals surface area contributed by atoms with Crippen molar-refractivity contribution in [2.45, 2.75) is 25.4 Å². The van der Waals surface area contributed by atoms with Gasteiger partial charge in [0.25, 0.3) is 5.91 Å². The molecule has 3 aliphatic heterocycles. The highest BCUT2D eigenvalue weighted by atomic mass is 16.5. The molecule has 0 aromatic heterocycles. The van der Waals surface area contributed by atoms with Crippen molar-refractivity contribution in [1.82, 2.24) is 9.80 Å². The van der Waals surface area contributed by atoms with E-state index in [0.29, 0.717) is 6.54 Å². The quantitative estimate of drug-likeness (QED) is 0.850. The highest BCUT2D eigenvalue weighted by Gasteiger charge is 2.45. The first-order chi connectivity index (χ1) is 13.1. The van der Waals surface area contributed by atoms with Gasteiger partial charge in [0.05, 0.1) is 19.3 Å². The molecule has 6 nitrogen and oxygen atoms in total. The van der Waals surface area contributed by atoms with Crippen LogP contribution in [0.5, 0.6) is 0 Å². The van der Waals surface area contributed by atoms with Gasteiger partial charge in [-0.2, -0.15) is 0 Å². The van der Waals surface area contributed by atoms with Crippen LogP contribution in [0.1, 0.15) is 29.6 Å². The Morgan fingerprint density at radius 1 is 1.11 bits per heavy atom. The van der Waals surface area contributed by atoms with Crippen LogP contribution in [0, 0.1) is 5.41 Å². The van der Waals surface area contributed by atoms with Crippen LogP contribution in [0.2, 0.25) is 0 Å². The van der Waals surface area contributed by atoms with E-state index in [1.807, 2.05) is 29.2 Å². The van der Waals surface area contributed by atoms with E-state index in [1.165, 1.54) is 0 Å². The average molecular weight is 373 g/mol. The number of anilines is 1. The van der Waals surface area contributed by atoms with E-state index in [-0.39, 0.29) is 17.4 Å². The van der Waals surface area contributed by atoms with Crippen LogP contribution >= 0.6 is 0 Å². The lowest BCUT2D eigenvalue weighted by Gasteiger charge is -2.50. The number of morpholine rings is 1. The minimum absolute atomic E-state index is 0.0861. The number of ether oxygens (including phenoxy) is 1. The number of amides is 1. The Morgan fingerprint density at radius 3 is 2.59 bits per heavy atom. The molecule has 2 atom stereocenters. The van der Waals surface area contributed by atoms with Crippen LogP contribution in [0.4, 0.5) is 5.69 Å². The molecule has 1 N–H and O–H groups in total. The molecule has 6 heteroatoms. The molecule has 4 rings (SSSR count). The SMILES string of the molecule is CN1CC[C@H](O)[C@@]2(CCCN(C(=O)c3ccc(N4CCOCC4)cc3)C2)C1. The van der Waals surface area contributed by atoms with E-state index in [2.05, 4.69) is 16.8 Å². The zero-order chi connectivity index (χ0) is 18.9. The number of piperidine rings is 2.